The summed E-state index contributed by atoms with van der Waals surface area (Å²) in [6, 6.07) is 0. The number of aromatic nitrogens is 6. The lowest BCUT2D eigenvalue weighted by Gasteiger charge is -2.09. The van der Waals surface area contributed by atoms with Crippen LogP contribution in [-0.2, 0) is 19.3 Å². The maximum absolute atomic E-state index is 4.84. The summed E-state index contributed by atoms with van der Waals surface area (Å²) < 4.78 is 1.80. The second kappa shape index (κ2) is 5.11. The summed E-state index contributed by atoms with van der Waals surface area (Å²) in [5, 5.41) is 13.4. The number of nitrogens with one attached hydrogen (secondary N) is 1. The molecule has 6 nitrogen and oxygen atoms in total. The average Bonchev–Trinajstić information content (AvgIpc) is 3.27. The van der Waals surface area contributed by atoms with Gasteiger partial charge in [0, 0.05) is 16.1 Å². The summed E-state index contributed by atoms with van der Waals surface area (Å²) in [6.07, 6.45) is 7.52. The molecule has 0 amide bonds. The van der Waals surface area contributed by atoms with Crippen molar-refractivity contribution < 1.29 is 0 Å². The average molecular weight is 338 g/mol. The predicted molar refractivity (Wildman–Crippen MR) is 94.5 cm³/mol. The van der Waals surface area contributed by atoms with Gasteiger partial charge in [-0.25, -0.2) is 14.5 Å². The highest BCUT2D eigenvalue weighted by Gasteiger charge is 2.22. The van der Waals surface area contributed by atoms with E-state index in [-0.39, 0.29) is 0 Å². The summed E-state index contributed by atoms with van der Waals surface area (Å²) >= 11 is 1.82. The molecule has 0 radical (unpaired) electrons. The molecule has 7 heteroatoms. The number of aromatic amines is 1. The molecule has 0 atom stereocenters. The molecule has 1 aliphatic rings. The lowest BCUT2D eigenvalue weighted by Crippen LogP contribution is -1.99. The van der Waals surface area contributed by atoms with Crippen molar-refractivity contribution in [3.05, 3.63) is 28.0 Å². The van der Waals surface area contributed by atoms with E-state index in [0.29, 0.717) is 5.82 Å². The maximum atomic E-state index is 4.84. The molecule has 24 heavy (non-hydrogen) atoms. The third kappa shape index (κ3) is 1.87. The first-order valence-electron chi connectivity index (χ1n) is 8.46. The van der Waals surface area contributed by atoms with E-state index < -0.39 is 0 Å². The van der Waals surface area contributed by atoms with Crippen molar-refractivity contribution in [1.82, 2.24) is 29.8 Å². The van der Waals surface area contributed by atoms with E-state index in [0.717, 1.165) is 40.3 Å². The topological polar surface area (TPSA) is 71.8 Å². The third-order valence-electron chi connectivity index (χ3n) is 4.97. The van der Waals surface area contributed by atoms with Gasteiger partial charge in [0.2, 0.25) is 5.82 Å². The first-order valence-corrected chi connectivity index (χ1v) is 9.27. The van der Waals surface area contributed by atoms with Crippen LogP contribution in [0, 0.1) is 6.92 Å². The molecule has 4 aromatic heterocycles. The van der Waals surface area contributed by atoms with Crippen molar-refractivity contribution in [3.63, 3.8) is 0 Å². The van der Waals surface area contributed by atoms with Gasteiger partial charge in [-0.1, -0.05) is 6.92 Å². The fraction of sp³-hybridized carbons (Fsp3) is 0.412. The monoisotopic (exact) mass is 338 g/mol. The lowest BCUT2D eigenvalue weighted by atomic mass is 9.97. The largest absolute Gasteiger partial charge is 0.282 e. The maximum Gasteiger partial charge on any atom is 0.202 e. The quantitative estimate of drug-likeness (QED) is 0.607. The minimum atomic E-state index is 0.675. The number of nitrogens with zero attached hydrogens (tertiary/aromatic N) is 5. The van der Waals surface area contributed by atoms with Crippen LogP contribution in [0.4, 0.5) is 0 Å². The molecule has 1 aliphatic carbocycles. The predicted octanol–water partition coefficient (Wildman–Crippen LogP) is 3.48. The highest BCUT2D eigenvalue weighted by molar-refractivity contribution is 7.19. The van der Waals surface area contributed by atoms with Crippen LogP contribution in [0.15, 0.2) is 6.33 Å². The second-order valence-electron chi connectivity index (χ2n) is 6.37. The van der Waals surface area contributed by atoms with Gasteiger partial charge in [-0.3, -0.25) is 5.10 Å². The molecule has 0 fully saturated rings. The van der Waals surface area contributed by atoms with Crippen LogP contribution >= 0.6 is 11.3 Å². The van der Waals surface area contributed by atoms with Gasteiger partial charge in [-0.15, -0.1) is 16.4 Å². The number of hydrogen-bond acceptors (Lipinski definition) is 5. The molecule has 0 saturated carbocycles. The fourth-order valence-electron chi connectivity index (χ4n) is 3.65. The van der Waals surface area contributed by atoms with Crippen LogP contribution in [0.1, 0.15) is 41.5 Å². The van der Waals surface area contributed by atoms with Crippen LogP contribution < -0.4 is 0 Å². The van der Waals surface area contributed by atoms with E-state index in [9.17, 15) is 0 Å². The van der Waals surface area contributed by atoms with Crippen LogP contribution in [0.2, 0.25) is 0 Å². The Labute approximate surface area is 143 Å². The van der Waals surface area contributed by atoms with E-state index in [1.54, 1.807) is 10.8 Å². The van der Waals surface area contributed by atoms with E-state index >= 15 is 0 Å². The Morgan fingerprint density at radius 2 is 2.17 bits per heavy atom. The van der Waals surface area contributed by atoms with Crippen molar-refractivity contribution in [2.75, 3.05) is 0 Å². The number of thiophene rings is 1. The Bertz CT molecular complexity index is 1070. The van der Waals surface area contributed by atoms with Crippen molar-refractivity contribution >= 4 is 27.2 Å². The number of hydrogen-bond donors (Lipinski definition) is 1. The van der Waals surface area contributed by atoms with E-state index in [4.69, 9.17) is 4.98 Å². The summed E-state index contributed by atoms with van der Waals surface area (Å²) in [7, 11) is 0. The van der Waals surface area contributed by atoms with Crippen LogP contribution in [0.25, 0.3) is 27.4 Å². The lowest BCUT2D eigenvalue weighted by molar-refractivity contribution is 0.700. The molecule has 0 aromatic carbocycles. The number of fused-ring (bicyclic) bond motifs is 5. The van der Waals surface area contributed by atoms with Gasteiger partial charge in [0.05, 0.1) is 5.39 Å². The van der Waals surface area contributed by atoms with Crippen molar-refractivity contribution in [3.8, 4) is 11.5 Å². The Hall–Kier alpha value is -2.28. The Kier molecular flexibility index (Phi) is 3.00. The van der Waals surface area contributed by atoms with Crippen LogP contribution in [0.3, 0.4) is 0 Å². The molecule has 1 N–H and O–H groups in total. The Morgan fingerprint density at radius 3 is 3.00 bits per heavy atom. The van der Waals surface area contributed by atoms with Gasteiger partial charge >= 0.3 is 0 Å². The van der Waals surface area contributed by atoms with Crippen molar-refractivity contribution in [2.45, 2.75) is 46.0 Å². The number of aryl methyl sites for hydroxylation is 3. The molecular weight excluding hydrogens is 320 g/mol. The third-order valence-corrected chi connectivity index (χ3v) is 6.17. The molecule has 122 valence electrons. The Morgan fingerprint density at radius 1 is 1.29 bits per heavy atom. The zero-order chi connectivity index (χ0) is 16.3. The molecule has 0 unspecified atom stereocenters. The standard InChI is InChI=1S/C17H18N6S/c1-3-11-9(2)14(21-20-11)15-19-16-13-10-6-4-5-7-12(10)24-17(13)18-8-23(16)22-15/h8H,3-7H2,1-2H3,(H,20,21). The molecular formula is C17H18N6S. The normalized spacial score (nSPS) is 14.6. The zero-order valence-electron chi connectivity index (χ0n) is 13.8. The van der Waals surface area contributed by atoms with Gasteiger partial charge < -0.3 is 0 Å². The van der Waals surface area contributed by atoms with Crippen LogP contribution in [0.5, 0.6) is 0 Å². The van der Waals surface area contributed by atoms with Gasteiger partial charge in [0.1, 0.15) is 16.9 Å². The van der Waals surface area contributed by atoms with Crippen molar-refractivity contribution in [1.29, 1.82) is 0 Å². The first kappa shape index (κ1) is 14.1. The smallest absolute Gasteiger partial charge is 0.202 e. The van der Waals surface area contributed by atoms with Crippen LogP contribution in [-0.4, -0.2) is 29.8 Å². The zero-order valence-corrected chi connectivity index (χ0v) is 14.6. The van der Waals surface area contributed by atoms with Gasteiger partial charge in [-0.2, -0.15) is 5.10 Å². The first-order chi connectivity index (χ1) is 11.8. The van der Waals surface area contributed by atoms with Crippen molar-refractivity contribution in [2.24, 2.45) is 0 Å². The number of rotatable bonds is 2. The summed E-state index contributed by atoms with van der Waals surface area (Å²) in [4.78, 5) is 12.0. The highest BCUT2D eigenvalue weighted by Crippen LogP contribution is 2.37. The molecule has 0 spiro atoms. The summed E-state index contributed by atoms with van der Waals surface area (Å²) in [5.41, 5.74) is 5.46. The molecule has 5 rings (SSSR count). The Balaban J connectivity index is 1.77. The molecule has 0 saturated heterocycles. The fourth-order valence-corrected chi connectivity index (χ4v) is 4.87. The summed E-state index contributed by atoms with van der Waals surface area (Å²) in [5.74, 6) is 0.675. The minimum absolute atomic E-state index is 0.675. The molecule has 0 bridgehead atoms. The number of H-pyrrole nitrogens is 1. The summed E-state index contributed by atoms with van der Waals surface area (Å²) in [6.45, 7) is 4.19. The van der Waals surface area contributed by atoms with Gasteiger partial charge in [0.15, 0.2) is 5.65 Å². The molecule has 4 aromatic rings. The minimum Gasteiger partial charge on any atom is -0.282 e. The molecule has 4 heterocycles. The highest BCUT2D eigenvalue weighted by atomic mass is 32.1. The van der Waals surface area contributed by atoms with E-state index in [1.807, 2.05) is 11.3 Å². The van der Waals surface area contributed by atoms with E-state index in [1.165, 1.54) is 35.1 Å². The SMILES string of the molecule is CCc1[nH]nc(-c2nc3c4c5c(sc4ncn3n2)CCCC5)c1C. The van der Waals surface area contributed by atoms with E-state index in [2.05, 4.69) is 34.1 Å². The van der Waals surface area contributed by atoms with Gasteiger partial charge in [0.25, 0.3) is 0 Å². The van der Waals surface area contributed by atoms with Gasteiger partial charge in [-0.05, 0) is 44.6 Å². The second-order valence-corrected chi connectivity index (χ2v) is 7.45. The molecule has 0 aliphatic heterocycles.